The van der Waals surface area contributed by atoms with Gasteiger partial charge in [0.15, 0.2) is 0 Å². The molecule has 0 aliphatic rings. The Labute approximate surface area is 136 Å². The molecule has 1 atom stereocenters. The van der Waals surface area contributed by atoms with Gasteiger partial charge in [0.2, 0.25) is 0 Å². The highest BCUT2D eigenvalue weighted by Crippen LogP contribution is 2.20. The molecule has 4 nitrogen and oxygen atoms in total. The van der Waals surface area contributed by atoms with Crippen LogP contribution < -0.4 is 14.2 Å². The van der Waals surface area contributed by atoms with E-state index in [-0.39, 0.29) is 6.10 Å². The quantitative estimate of drug-likeness (QED) is 0.602. The van der Waals surface area contributed by atoms with Gasteiger partial charge < -0.3 is 14.2 Å². The molecule has 0 fully saturated rings. The minimum absolute atomic E-state index is 0.249. The molecule has 22 heavy (non-hydrogen) atoms. The number of nitrogens with zero attached hydrogens (tertiary/aromatic N) is 1. The predicted molar refractivity (Wildman–Crippen MR) is 89.2 cm³/mol. The molecule has 0 bridgehead atoms. The van der Waals surface area contributed by atoms with Crippen molar-refractivity contribution in [3.8, 4) is 16.7 Å². The molecule has 0 amide bonds. The minimum atomic E-state index is 0.249. The van der Waals surface area contributed by atoms with Crippen LogP contribution >= 0.6 is 11.3 Å². The molecule has 0 aliphatic carbocycles. The molecular formula is C17H23NO3S. The van der Waals surface area contributed by atoms with E-state index < -0.39 is 0 Å². The lowest BCUT2D eigenvalue weighted by atomic mass is 10.2. The van der Waals surface area contributed by atoms with E-state index >= 15 is 0 Å². The average Bonchev–Trinajstić information content (AvgIpc) is 3.04. The fourth-order valence-electron chi connectivity index (χ4n) is 1.97. The number of unbranched alkanes of at least 4 members (excludes halogenated alkanes) is 1. The number of benzene rings is 1. The van der Waals surface area contributed by atoms with E-state index in [1.165, 1.54) is 24.2 Å². The van der Waals surface area contributed by atoms with Crippen LogP contribution in [0.1, 0.15) is 33.1 Å². The van der Waals surface area contributed by atoms with Gasteiger partial charge in [0.1, 0.15) is 24.7 Å². The molecular weight excluding hydrogens is 298 g/mol. The Balaban J connectivity index is 1.67. The van der Waals surface area contributed by atoms with E-state index in [0.29, 0.717) is 18.4 Å². The van der Waals surface area contributed by atoms with Gasteiger partial charge in [-0.05, 0) is 37.6 Å². The summed E-state index contributed by atoms with van der Waals surface area (Å²) in [6.45, 7) is 5.28. The first-order valence-electron chi connectivity index (χ1n) is 7.69. The Kier molecular flexibility index (Phi) is 7.03. The fourth-order valence-corrected chi connectivity index (χ4v) is 2.48. The van der Waals surface area contributed by atoms with Crippen molar-refractivity contribution in [1.82, 2.24) is 4.98 Å². The molecule has 0 radical (unpaired) electrons. The average molecular weight is 321 g/mol. The second-order valence-corrected chi connectivity index (χ2v) is 5.89. The summed E-state index contributed by atoms with van der Waals surface area (Å²) in [5.41, 5.74) is 0. The Hall–Kier alpha value is -1.75. The van der Waals surface area contributed by atoms with E-state index in [2.05, 4.69) is 18.8 Å². The first-order chi connectivity index (χ1) is 10.8. The van der Waals surface area contributed by atoms with Gasteiger partial charge in [-0.1, -0.05) is 31.1 Å². The highest BCUT2D eigenvalue weighted by atomic mass is 32.1. The number of ether oxygens (including phenoxy) is 3. The smallest absolute Gasteiger partial charge is 0.273 e. The number of hydrogen-bond donors (Lipinski definition) is 0. The molecule has 0 saturated heterocycles. The highest BCUT2D eigenvalue weighted by Gasteiger charge is 2.04. The summed E-state index contributed by atoms with van der Waals surface area (Å²) in [7, 11) is 0. The van der Waals surface area contributed by atoms with Gasteiger partial charge in [-0.3, -0.25) is 0 Å². The first kappa shape index (κ1) is 16.6. The molecule has 1 heterocycles. The van der Waals surface area contributed by atoms with Gasteiger partial charge in [0.25, 0.3) is 5.19 Å². The van der Waals surface area contributed by atoms with E-state index in [1.54, 1.807) is 6.20 Å². The molecule has 2 rings (SSSR count). The lowest BCUT2D eigenvalue weighted by molar-refractivity contribution is 0.205. The third-order valence-electron chi connectivity index (χ3n) is 3.11. The second kappa shape index (κ2) is 9.30. The van der Waals surface area contributed by atoms with Crippen LogP contribution in [0.5, 0.6) is 16.7 Å². The fraction of sp³-hybridized carbons (Fsp3) is 0.471. The number of hydrogen-bond acceptors (Lipinski definition) is 5. The van der Waals surface area contributed by atoms with Crippen LogP contribution in [-0.2, 0) is 0 Å². The summed E-state index contributed by atoms with van der Waals surface area (Å²) in [6.07, 6.45) is 5.45. The summed E-state index contributed by atoms with van der Waals surface area (Å²) in [6, 6.07) is 7.73. The Morgan fingerprint density at radius 1 is 1.09 bits per heavy atom. The summed E-state index contributed by atoms with van der Waals surface area (Å²) in [5.74, 6) is 1.70. The molecule has 1 aromatic heterocycles. The van der Waals surface area contributed by atoms with Crippen molar-refractivity contribution in [2.75, 3.05) is 13.2 Å². The molecule has 0 spiro atoms. The van der Waals surface area contributed by atoms with E-state index in [0.717, 1.165) is 17.9 Å². The Bertz CT molecular complexity index is 513. The van der Waals surface area contributed by atoms with Crippen LogP contribution in [0, 0.1) is 0 Å². The van der Waals surface area contributed by atoms with Crippen LogP contribution in [0.15, 0.2) is 35.8 Å². The lowest BCUT2D eigenvalue weighted by Crippen LogP contribution is -2.11. The maximum Gasteiger partial charge on any atom is 0.273 e. The molecule has 0 aliphatic heterocycles. The van der Waals surface area contributed by atoms with Gasteiger partial charge >= 0.3 is 0 Å². The van der Waals surface area contributed by atoms with Crippen LogP contribution in [0.25, 0.3) is 0 Å². The summed E-state index contributed by atoms with van der Waals surface area (Å²) in [4.78, 5) is 4.05. The van der Waals surface area contributed by atoms with Gasteiger partial charge in [-0.25, -0.2) is 4.98 Å². The van der Waals surface area contributed by atoms with Crippen molar-refractivity contribution in [3.63, 3.8) is 0 Å². The molecule has 120 valence electrons. The van der Waals surface area contributed by atoms with E-state index in [1.807, 2.05) is 29.6 Å². The normalized spacial score (nSPS) is 11.9. The van der Waals surface area contributed by atoms with Crippen molar-refractivity contribution in [2.45, 2.75) is 39.2 Å². The second-order valence-electron chi connectivity index (χ2n) is 5.04. The summed E-state index contributed by atoms with van der Waals surface area (Å²) in [5, 5.41) is 2.56. The number of rotatable bonds is 10. The molecule has 1 unspecified atom stereocenters. The van der Waals surface area contributed by atoms with Crippen LogP contribution in [0.3, 0.4) is 0 Å². The zero-order chi connectivity index (χ0) is 15.6. The van der Waals surface area contributed by atoms with Crippen LogP contribution in [0.2, 0.25) is 0 Å². The third-order valence-corrected chi connectivity index (χ3v) is 3.80. The first-order valence-corrected chi connectivity index (χ1v) is 8.57. The van der Waals surface area contributed by atoms with E-state index in [4.69, 9.17) is 14.2 Å². The number of aromatic nitrogens is 1. The van der Waals surface area contributed by atoms with Gasteiger partial charge in [-0.15, -0.1) is 0 Å². The maximum atomic E-state index is 5.86. The molecule has 0 saturated carbocycles. The standard InChI is InChI=1S/C17H23NO3S/c1-3-4-5-14(2)21-16-8-6-15(7-9-16)19-11-12-20-17-18-10-13-22-17/h6-10,13-14H,3-5,11-12H2,1-2H3. The predicted octanol–water partition coefficient (Wildman–Crippen LogP) is 4.56. The minimum Gasteiger partial charge on any atom is -0.491 e. The monoisotopic (exact) mass is 321 g/mol. The summed E-state index contributed by atoms with van der Waals surface area (Å²) >= 11 is 1.48. The van der Waals surface area contributed by atoms with Gasteiger partial charge in [0.05, 0.1) is 6.10 Å². The third kappa shape index (κ3) is 5.93. The van der Waals surface area contributed by atoms with Crippen molar-refractivity contribution < 1.29 is 14.2 Å². The van der Waals surface area contributed by atoms with Crippen molar-refractivity contribution in [2.24, 2.45) is 0 Å². The zero-order valence-corrected chi connectivity index (χ0v) is 14.0. The van der Waals surface area contributed by atoms with E-state index in [9.17, 15) is 0 Å². The molecule has 1 aromatic carbocycles. The van der Waals surface area contributed by atoms with Crippen molar-refractivity contribution >= 4 is 11.3 Å². The van der Waals surface area contributed by atoms with Gasteiger partial charge in [-0.2, -0.15) is 0 Å². The highest BCUT2D eigenvalue weighted by molar-refractivity contribution is 7.11. The lowest BCUT2D eigenvalue weighted by Gasteiger charge is -2.14. The zero-order valence-electron chi connectivity index (χ0n) is 13.2. The van der Waals surface area contributed by atoms with Crippen molar-refractivity contribution in [1.29, 1.82) is 0 Å². The Morgan fingerprint density at radius 2 is 1.82 bits per heavy atom. The van der Waals surface area contributed by atoms with Gasteiger partial charge in [0, 0.05) is 11.6 Å². The Morgan fingerprint density at radius 3 is 2.50 bits per heavy atom. The maximum absolute atomic E-state index is 5.86. The molecule has 0 N–H and O–H groups in total. The molecule has 2 aromatic rings. The number of thiazole rings is 1. The van der Waals surface area contributed by atoms with Crippen LogP contribution in [0.4, 0.5) is 0 Å². The topological polar surface area (TPSA) is 40.6 Å². The van der Waals surface area contributed by atoms with Crippen LogP contribution in [-0.4, -0.2) is 24.3 Å². The largest absolute Gasteiger partial charge is 0.491 e. The summed E-state index contributed by atoms with van der Waals surface area (Å²) < 4.78 is 16.9. The van der Waals surface area contributed by atoms with Crippen molar-refractivity contribution in [3.05, 3.63) is 35.8 Å². The SMILES string of the molecule is CCCCC(C)Oc1ccc(OCCOc2nccs2)cc1. The molecule has 5 heteroatoms.